The minimum Gasteiger partial charge on any atom is -0.320 e. The second-order valence-electron chi connectivity index (χ2n) is 6.72. The van der Waals surface area contributed by atoms with Gasteiger partial charge in [0.15, 0.2) is 0 Å². The Hall–Kier alpha value is -2.37. The van der Waals surface area contributed by atoms with Crippen LogP contribution in [-0.4, -0.2) is 32.7 Å². The molecule has 2 rings (SSSR count). The van der Waals surface area contributed by atoms with Crippen LogP contribution in [0.4, 0.5) is 10.6 Å². The van der Waals surface area contributed by atoms with Crippen molar-refractivity contribution in [1.29, 1.82) is 0 Å². The van der Waals surface area contributed by atoms with Gasteiger partial charge in [-0.15, -0.1) is 0 Å². The zero-order chi connectivity index (χ0) is 18.4. The summed E-state index contributed by atoms with van der Waals surface area (Å²) < 4.78 is 1.71. The highest BCUT2D eigenvalue weighted by molar-refractivity contribution is 5.88. The molecule has 25 heavy (non-hydrogen) atoms. The number of hydrogen-bond donors (Lipinski definition) is 1. The van der Waals surface area contributed by atoms with E-state index in [0.717, 1.165) is 30.5 Å². The van der Waals surface area contributed by atoms with Crippen molar-refractivity contribution in [3.8, 4) is 0 Å². The normalized spacial score (nSPS) is 12.2. The van der Waals surface area contributed by atoms with Gasteiger partial charge in [-0.3, -0.25) is 15.0 Å². The summed E-state index contributed by atoms with van der Waals surface area (Å²) >= 11 is 0. The van der Waals surface area contributed by atoms with E-state index >= 15 is 0 Å². The number of nitrogens with one attached hydrogen (secondary N) is 1. The van der Waals surface area contributed by atoms with Crippen LogP contribution in [0.2, 0.25) is 0 Å². The number of aromatic nitrogens is 3. The summed E-state index contributed by atoms with van der Waals surface area (Å²) in [5.74, 6) is 1.03. The molecule has 2 aromatic rings. The molecule has 2 heterocycles. The van der Waals surface area contributed by atoms with E-state index in [-0.39, 0.29) is 12.1 Å². The number of urea groups is 1. The average Bonchev–Trinajstić information content (AvgIpc) is 2.97. The first-order chi connectivity index (χ1) is 11.9. The Morgan fingerprint density at radius 3 is 2.72 bits per heavy atom. The lowest BCUT2D eigenvalue weighted by Crippen LogP contribution is -2.35. The van der Waals surface area contributed by atoms with E-state index in [1.807, 2.05) is 38.5 Å². The Labute approximate surface area is 150 Å². The number of anilines is 1. The van der Waals surface area contributed by atoms with E-state index in [4.69, 9.17) is 0 Å². The molecule has 136 valence electrons. The molecule has 2 amide bonds. The number of amides is 2. The largest absolute Gasteiger partial charge is 0.323 e. The number of pyridine rings is 1. The van der Waals surface area contributed by atoms with Crippen LogP contribution in [-0.2, 0) is 7.05 Å². The number of aryl methyl sites for hydroxylation is 1. The lowest BCUT2D eigenvalue weighted by atomic mass is 10.0. The first-order valence-electron chi connectivity index (χ1n) is 8.91. The van der Waals surface area contributed by atoms with Crippen molar-refractivity contribution in [2.24, 2.45) is 7.05 Å². The molecule has 0 aromatic carbocycles. The van der Waals surface area contributed by atoms with Crippen molar-refractivity contribution in [3.63, 3.8) is 0 Å². The molecule has 0 bridgehead atoms. The van der Waals surface area contributed by atoms with Crippen molar-refractivity contribution < 1.29 is 4.79 Å². The molecule has 6 heteroatoms. The van der Waals surface area contributed by atoms with E-state index in [1.165, 1.54) is 0 Å². The van der Waals surface area contributed by atoms with E-state index < -0.39 is 0 Å². The van der Waals surface area contributed by atoms with Crippen molar-refractivity contribution in [2.45, 2.75) is 52.0 Å². The van der Waals surface area contributed by atoms with E-state index in [9.17, 15) is 4.79 Å². The summed E-state index contributed by atoms with van der Waals surface area (Å²) in [7, 11) is 3.68. The van der Waals surface area contributed by atoms with Crippen LogP contribution >= 0.6 is 0 Å². The number of hydrogen-bond acceptors (Lipinski definition) is 3. The minimum atomic E-state index is -0.136. The van der Waals surface area contributed by atoms with Gasteiger partial charge in [0.05, 0.1) is 11.7 Å². The first-order valence-corrected chi connectivity index (χ1v) is 8.91. The molecule has 0 fully saturated rings. The highest BCUT2D eigenvalue weighted by Gasteiger charge is 2.22. The quantitative estimate of drug-likeness (QED) is 0.813. The summed E-state index contributed by atoms with van der Waals surface area (Å²) in [6, 6.07) is 5.74. The minimum absolute atomic E-state index is 0.00597. The first kappa shape index (κ1) is 19.0. The summed E-state index contributed by atoms with van der Waals surface area (Å²) in [4.78, 5) is 18.7. The third kappa shape index (κ3) is 4.81. The van der Waals surface area contributed by atoms with Gasteiger partial charge in [-0.25, -0.2) is 4.79 Å². The molecule has 1 N–H and O–H groups in total. The van der Waals surface area contributed by atoms with Crippen molar-refractivity contribution in [3.05, 3.63) is 41.9 Å². The van der Waals surface area contributed by atoms with E-state index in [1.54, 1.807) is 15.8 Å². The Balaban J connectivity index is 2.15. The van der Waals surface area contributed by atoms with Crippen LogP contribution in [0.25, 0.3) is 0 Å². The Morgan fingerprint density at radius 2 is 2.16 bits per heavy atom. The van der Waals surface area contributed by atoms with Crippen LogP contribution in [0.3, 0.4) is 0 Å². The summed E-state index contributed by atoms with van der Waals surface area (Å²) in [5.41, 5.74) is 2.02. The Bertz CT molecular complexity index is 680. The summed E-state index contributed by atoms with van der Waals surface area (Å²) in [6.07, 6.45) is 6.65. The summed E-state index contributed by atoms with van der Waals surface area (Å²) in [6.45, 7) is 6.33. The van der Waals surface area contributed by atoms with Gasteiger partial charge in [0.2, 0.25) is 0 Å². The molecule has 0 unspecified atom stereocenters. The monoisotopic (exact) mass is 343 g/mol. The fourth-order valence-corrected chi connectivity index (χ4v) is 2.78. The molecule has 2 aromatic heterocycles. The van der Waals surface area contributed by atoms with Gasteiger partial charge >= 0.3 is 6.03 Å². The number of nitrogens with zero attached hydrogens (tertiary/aromatic N) is 4. The van der Waals surface area contributed by atoms with Gasteiger partial charge in [-0.2, -0.15) is 5.10 Å². The summed E-state index contributed by atoms with van der Waals surface area (Å²) in [5, 5.41) is 7.43. The molecular weight excluding hydrogens is 314 g/mol. The molecule has 0 saturated carbocycles. The second kappa shape index (κ2) is 8.65. The van der Waals surface area contributed by atoms with E-state index in [2.05, 4.69) is 36.2 Å². The number of rotatable bonds is 7. The number of unbranched alkanes of at least 4 members (excludes halogenated alkanes) is 1. The lowest BCUT2D eigenvalue weighted by molar-refractivity contribution is 0.199. The predicted octanol–water partition coefficient (Wildman–Crippen LogP) is 4.33. The molecular formula is C19H29N5O. The van der Waals surface area contributed by atoms with Gasteiger partial charge in [0.1, 0.15) is 5.82 Å². The second-order valence-corrected chi connectivity index (χ2v) is 6.72. The van der Waals surface area contributed by atoms with Gasteiger partial charge in [-0.05, 0) is 24.0 Å². The van der Waals surface area contributed by atoms with Crippen LogP contribution in [0, 0.1) is 0 Å². The van der Waals surface area contributed by atoms with Gasteiger partial charge in [0, 0.05) is 32.6 Å². The highest BCUT2D eigenvalue weighted by Crippen LogP contribution is 2.26. The van der Waals surface area contributed by atoms with E-state index in [0.29, 0.717) is 11.7 Å². The predicted molar refractivity (Wildman–Crippen MR) is 101 cm³/mol. The van der Waals surface area contributed by atoms with Crippen molar-refractivity contribution in [2.75, 3.05) is 12.4 Å². The number of carbonyl (C=O) groups is 1. The third-order valence-electron chi connectivity index (χ3n) is 4.41. The standard InChI is InChI=1S/C19H29N5O/c1-6-7-10-17(15-9-8-11-20-13-15)23(4)19(25)21-18-12-16(14(2)3)22-24(18)5/h8-9,11-14,17H,6-7,10H2,1-5H3,(H,21,25)/t17-/m1/s1. The Morgan fingerprint density at radius 1 is 1.40 bits per heavy atom. The van der Waals surface area contributed by atoms with Gasteiger partial charge in [-0.1, -0.05) is 39.7 Å². The zero-order valence-corrected chi connectivity index (χ0v) is 15.9. The maximum atomic E-state index is 12.8. The molecule has 1 atom stereocenters. The molecule has 0 saturated heterocycles. The van der Waals surface area contributed by atoms with Crippen LogP contribution in [0.1, 0.15) is 63.3 Å². The van der Waals surface area contributed by atoms with Gasteiger partial charge in [0.25, 0.3) is 0 Å². The molecule has 0 aliphatic carbocycles. The van der Waals surface area contributed by atoms with Crippen LogP contribution in [0.5, 0.6) is 0 Å². The molecule has 0 radical (unpaired) electrons. The molecule has 0 spiro atoms. The topological polar surface area (TPSA) is 63.1 Å². The highest BCUT2D eigenvalue weighted by atomic mass is 16.2. The SMILES string of the molecule is CCCC[C@H](c1cccnc1)N(C)C(=O)Nc1cc(C(C)C)nn1C. The maximum absolute atomic E-state index is 12.8. The fourth-order valence-electron chi connectivity index (χ4n) is 2.78. The number of carbonyl (C=O) groups excluding carboxylic acids is 1. The Kier molecular flexibility index (Phi) is 6.56. The average molecular weight is 343 g/mol. The fraction of sp³-hybridized carbons (Fsp3) is 0.526. The molecule has 0 aliphatic rings. The molecule has 6 nitrogen and oxygen atoms in total. The van der Waals surface area contributed by atoms with Gasteiger partial charge < -0.3 is 4.90 Å². The van der Waals surface area contributed by atoms with Crippen molar-refractivity contribution in [1.82, 2.24) is 19.7 Å². The zero-order valence-electron chi connectivity index (χ0n) is 15.9. The molecule has 0 aliphatic heterocycles. The maximum Gasteiger partial charge on any atom is 0.323 e. The lowest BCUT2D eigenvalue weighted by Gasteiger charge is -2.28. The van der Waals surface area contributed by atoms with Crippen LogP contribution < -0.4 is 5.32 Å². The smallest absolute Gasteiger partial charge is 0.320 e. The third-order valence-corrected chi connectivity index (χ3v) is 4.41. The van der Waals surface area contributed by atoms with Crippen molar-refractivity contribution >= 4 is 11.8 Å². The van der Waals surface area contributed by atoms with Crippen LogP contribution in [0.15, 0.2) is 30.6 Å².